The Bertz CT molecular complexity index is 607. The van der Waals surface area contributed by atoms with E-state index in [4.69, 9.17) is 5.73 Å². The number of nitro groups is 1. The molecule has 0 aromatic heterocycles. The minimum Gasteiger partial charge on any atom is -0.329 e. The van der Waals surface area contributed by atoms with Crippen LogP contribution in [0.3, 0.4) is 0 Å². The fourth-order valence-electron chi connectivity index (χ4n) is 1.82. The van der Waals surface area contributed by atoms with E-state index in [2.05, 4.69) is 20.7 Å². The Hall–Kier alpha value is -1.03. The summed E-state index contributed by atoms with van der Waals surface area (Å²) in [6, 6.07) is 3.39. The molecule has 1 atom stereocenters. The third kappa shape index (κ3) is 5.03. The molecule has 0 aliphatic heterocycles. The van der Waals surface area contributed by atoms with Crippen molar-refractivity contribution in [3.8, 4) is 0 Å². The maximum atomic E-state index is 12.3. The molecule has 0 bridgehead atoms. The van der Waals surface area contributed by atoms with Crippen molar-refractivity contribution in [2.24, 2.45) is 5.73 Å². The maximum absolute atomic E-state index is 12.3. The first-order valence-electron chi connectivity index (χ1n) is 6.48. The fourth-order valence-corrected chi connectivity index (χ4v) is 3.60. The van der Waals surface area contributed by atoms with E-state index in [0.717, 1.165) is 18.9 Å². The van der Waals surface area contributed by atoms with Gasteiger partial charge < -0.3 is 5.73 Å². The van der Waals surface area contributed by atoms with Crippen molar-refractivity contribution in [2.75, 3.05) is 6.54 Å². The number of unbranched alkanes of at least 4 members (excludes halogenated alkanes) is 1. The topological polar surface area (TPSA) is 115 Å². The molecule has 3 N–H and O–H groups in total. The third-order valence-corrected chi connectivity index (χ3v) is 4.98. The zero-order chi connectivity index (χ0) is 16.0. The van der Waals surface area contributed by atoms with Gasteiger partial charge in [-0.05, 0) is 18.6 Å². The Morgan fingerprint density at radius 1 is 1.48 bits per heavy atom. The maximum Gasteiger partial charge on any atom is 0.290 e. The Balaban J connectivity index is 3.10. The van der Waals surface area contributed by atoms with Gasteiger partial charge in [-0.15, -0.1) is 0 Å². The molecule has 1 unspecified atom stereocenters. The van der Waals surface area contributed by atoms with Crippen LogP contribution in [0.25, 0.3) is 0 Å². The van der Waals surface area contributed by atoms with Crippen LogP contribution in [0.1, 0.15) is 26.2 Å². The number of sulfonamides is 1. The van der Waals surface area contributed by atoms with Gasteiger partial charge >= 0.3 is 0 Å². The van der Waals surface area contributed by atoms with Gasteiger partial charge in [0.05, 0.1) is 4.92 Å². The number of nitrogens with zero attached hydrogens (tertiary/aromatic N) is 1. The van der Waals surface area contributed by atoms with Crippen LogP contribution in [0.5, 0.6) is 0 Å². The van der Waals surface area contributed by atoms with E-state index in [1.54, 1.807) is 0 Å². The number of nitro benzene ring substituents is 1. The first kappa shape index (κ1) is 18.0. The van der Waals surface area contributed by atoms with Crippen molar-refractivity contribution < 1.29 is 13.3 Å². The Morgan fingerprint density at radius 3 is 2.67 bits per heavy atom. The molecule has 0 heterocycles. The highest BCUT2D eigenvalue weighted by Crippen LogP contribution is 2.27. The summed E-state index contributed by atoms with van der Waals surface area (Å²) in [6.45, 7) is 2.13. The first-order valence-corrected chi connectivity index (χ1v) is 8.75. The quantitative estimate of drug-likeness (QED) is 0.530. The summed E-state index contributed by atoms with van der Waals surface area (Å²) >= 11 is 3.09. The Kier molecular flexibility index (Phi) is 6.72. The van der Waals surface area contributed by atoms with Crippen molar-refractivity contribution >= 4 is 31.6 Å². The van der Waals surface area contributed by atoms with E-state index in [9.17, 15) is 18.5 Å². The summed E-state index contributed by atoms with van der Waals surface area (Å²) in [6.07, 6.45) is 2.33. The molecule has 0 amide bonds. The zero-order valence-corrected chi connectivity index (χ0v) is 14.0. The van der Waals surface area contributed by atoms with Crippen LogP contribution < -0.4 is 10.5 Å². The van der Waals surface area contributed by atoms with Crippen molar-refractivity contribution in [3.05, 3.63) is 32.8 Å². The molecule has 7 nitrogen and oxygen atoms in total. The monoisotopic (exact) mass is 379 g/mol. The van der Waals surface area contributed by atoms with Crippen LogP contribution in [-0.4, -0.2) is 25.9 Å². The summed E-state index contributed by atoms with van der Waals surface area (Å²) in [7, 11) is -3.99. The normalized spacial score (nSPS) is 13.1. The van der Waals surface area contributed by atoms with E-state index in [-0.39, 0.29) is 11.4 Å². The second-order valence-corrected chi connectivity index (χ2v) is 7.16. The number of hydrogen-bond donors (Lipinski definition) is 2. The predicted molar refractivity (Wildman–Crippen MR) is 83.5 cm³/mol. The van der Waals surface area contributed by atoms with Crippen LogP contribution in [0.4, 0.5) is 5.69 Å². The van der Waals surface area contributed by atoms with Gasteiger partial charge in [-0.25, -0.2) is 13.1 Å². The van der Waals surface area contributed by atoms with Crippen LogP contribution in [-0.2, 0) is 10.0 Å². The van der Waals surface area contributed by atoms with Crippen LogP contribution in [0.15, 0.2) is 27.6 Å². The number of nitrogens with two attached hydrogens (primary N) is 1. The standard InChI is InChI=1S/C12H18BrN3O4S/c1-2-3-4-10(8-14)15-21(19,20)12-6-5-9(13)7-11(12)16(17)18/h5-7,10,15H,2-4,8,14H2,1H3. The molecule has 0 radical (unpaired) electrons. The van der Waals surface area contributed by atoms with E-state index < -0.39 is 26.7 Å². The third-order valence-electron chi connectivity index (χ3n) is 2.92. The van der Waals surface area contributed by atoms with Gasteiger partial charge in [0.2, 0.25) is 10.0 Å². The molecule has 1 aromatic rings. The van der Waals surface area contributed by atoms with E-state index >= 15 is 0 Å². The van der Waals surface area contributed by atoms with Gasteiger partial charge in [-0.3, -0.25) is 10.1 Å². The summed E-state index contributed by atoms with van der Waals surface area (Å²) in [5, 5.41) is 11.0. The Morgan fingerprint density at radius 2 is 2.14 bits per heavy atom. The molecule has 0 aliphatic rings. The smallest absolute Gasteiger partial charge is 0.290 e. The van der Waals surface area contributed by atoms with Crippen molar-refractivity contribution in [1.29, 1.82) is 0 Å². The molecule has 0 saturated heterocycles. The fraction of sp³-hybridized carbons (Fsp3) is 0.500. The summed E-state index contributed by atoms with van der Waals surface area (Å²) in [5.74, 6) is 0. The highest BCUT2D eigenvalue weighted by atomic mass is 79.9. The Labute approximate surface area is 132 Å². The molecule has 118 valence electrons. The highest BCUT2D eigenvalue weighted by Gasteiger charge is 2.27. The summed E-state index contributed by atoms with van der Waals surface area (Å²) in [4.78, 5) is 9.94. The molecule has 9 heteroatoms. The lowest BCUT2D eigenvalue weighted by molar-refractivity contribution is -0.387. The minimum atomic E-state index is -3.99. The van der Waals surface area contributed by atoms with Gasteiger partial charge in [0, 0.05) is 23.1 Å². The van der Waals surface area contributed by atoms with Crippen LogP contribution >= 0.6 is 15.9 Å². The minimum absolute atomic E-state index is 0.142. The summed E-state index contributed by atoms with van der Waals surface area (Å²) in [5.41, 5.74) is 5.08. The second-order valence-electron chi connectivity index (χ2n) is 4.57. The highest BCUT2D eigenvalue weighted by molar-refractivity contribution is 9.10. The van der Waals surface area contributed by atoms with Gasteiger partial charge in [0.15, 0.2) is 4.90 Å². The van der Waals surface area contributed by atoms with E-state index in [0.29, 0.717) is 10.9 Å². The lowest BCUT2D eigenvalue weighted by Crippen LogP contribution is -2.40. The van der Waals surface area contributed by atoms with Crippen LogP contribution in [0, 0.1) is 10.1 Å². The average Bonchev–Trinajstić information content (AvgIpc) is 2.42. The van der Waals surface area contributed by atoms with Gasteiger partial charge in [0.1, 0.15) is 0 Å². The average molecular weight is 380 g/mol. The molecule has 0 fully saturated rings. The zero-order valence-electron chi connectivity index (χ0n) is 11.6. The molecular formula is C12H18BrN3O4S. The number of halogens is 1. The van der Waals surface area contributed by atoms with E-state index in [1.165, 1.54) is 12.1 Å². The van der Waals surface area contributed by atoms with E-state index in [1.807, 2.05) is 6.92 Å². The van der Waals surface area contributed by atoms with Gasteiger partial charge in [-0.1, -0.05) is 35.7 Å². The van der Waals surface area contributed by atoms with Crippen LogP contribution in [0.2, 0.25) is 0 Å². The largest absolute Gasteiger partial charge is 0.329 e. The molecule has 0 spiro atoms. The molecule has 0 saturated carbocycles. The van der Waals surface area contributed by atoms with Gasteiger partial charge in [0.25, 0.3) is 5.69 Å². The SMILES string of the molecule is CCCCC(CN)NS(=O)(=O)c1ccc(Br)cc1[N+](=O)[O-]. The molecule has 1 rings (SSSR count). The number of benzene rings is 1. The number of rotatable bonds is 8. The number of nitrogens with one attached hydrogen (secondary N) is 1. The van der Waals surface area contributed by atoms with Crippen molar-refractivity contribution in [2.45, 2.75) is 37.1 Å². The molecular weight excluding hydrogens is 362 g/mol. The molecule has 1 aromatic carbocycles. The van der Waals surface area contributed by atoms with Crippen molar-refractivity contribution in [1.82, 2.24) is 4.72 Å². The van der Waals surface area contributed by atoms with Gasteiger partial charge in [-0.2, -0.15) is 0 Å². The molecule has 0 aliphatic carbocycles. The second kappa shape index (κ2) is 7.83. The molecule has 21 heavy (non-hydrogen) atoms. The lowest BCUT2D eigenvalue weighted by Gasteiger charge is -2.16. The summed E-state index contributed by atoms with van der Waals surface area (Å²) < 4.78 is 27.5. The first-order chi connectivity index (χ1) is 9.81. The predicted octanol–water partition coefficient (Wildman–Crippen LogP) is 2.15. The number of hydrogen-bond acceptors (Lipinski definition) is 5. The van der Waals surface area contributed by atoms with Crippen molar-refractivity contribution in [3.63, 3.8) is 0 Å². The lowest BCUT2D eigenvalue weighted by atomic mass is 10.1.